The number of halogens is 2. The van der Waals surface area contributed by atoms with Crippen LogP contribution in [0.25, 0.3) is 0 Å². The van der Waals surface area contributed by atoms with Gasteiger partial charge in [0.1, 0.15) is 5.82 Å². The molecule has 1 heterocycles. The van der Waals surface area contributed by atoms with Crippen LogP contribution >= 0.6 is 27.5 Å². The summed E-state index contributed by atoms with van der Waals surface area (Å²) in [5.74, 6) is 0.739. The van der Waals surface area contributed by atoms with Gasteiger partial charge in [-0.3, -0.25) is 0 Å². The number of aromatic nitrogens is 2. The highest BCUT2D eigenvalue weighted by atomic mass is 79.9. The quantitative estimate of drug-likeness (QED) is 0.851. The Morgan fingerprint density at radius 3 is 2.50 bits per heavy atom. The molecule has 2 aromatic rings. The minimum Gasteiger partial charge on any atom is -0.363 e. The molecule has 1 aromatic carbocycles. The first kappa shape index (κ1) is 13.3. The first-order valence-corrected chi connectivity index (χ1v) is 6.75. The van der Waals surface area contributed by atoms with Gasteiger partial charge in [0.2, 0.25) is 5.28 Å². The molecule has 0 radical (unpaired) electrons. The van der Waals surface area contributed by atoms with E-state index >= 15 is 0 Å². The van der Waals surface area contributed by atoms with E-state index in [-0.39, 0.29) is 11.3 Å². The van der Waals surface area contributed by atoms with Crippen LogP contribution in [0.4, 0.5) is 5.82 Å². The Morgan fingerprint density at radius 1 is 1.22 bits per heavy atom. The van der Waals surface area contributed by atoms with E-state index in [4.69, 9.17) is 11.6 Å². The van der Waals surface area contributed by atoms with Crippen LogP contribution in [-0.2, 0) is 0 Å². The molecule has 0 aliphatic rings. The average Bonchev–Trinajstić information content (AvgIpc) is 2.28. The number of anilines is 1. The molecular formula is C13H13BrClN3. The maximum atomic E-state index is 5.83. The highest BCUT2D eigenvalue weighted by molar-refractivity contribution is 9.10. The largest absolute Gasteiger partial charge is 0.363 e. The Morgan fingerprint density at radius 2 is 1.89 bits per heavy atom. The van der Waals surface area contributed by atoms with Crippen molar-refractivity contribution >= 4 is 33.3 Å². The molecule has 5 heteroatoms. The fourth-order valence-corrected chi connectivity index (χ4v) is 2.15. The van der Waals surface area contributed by atoms with Gasteiger partial charge < -0.3 is 5.32 Å². The fraction of sp³-hybridized carbons (Fsp3) is 0.231. The minimum absolute atomic E-state index is 0.156. The molecule has 0 aliphatic carbocycles. The maximum absolute atomic E-state index is 5.83. The van der Waals surface area contributed by atoms with Crippen LogP contribution in [0.1, 0.15) is 24.2 Å². The lowest BCUT2D eigenvalue weighted by atomic mass is 10.1. The summed E-state index contributed by atoms with van der Waals surface area (Å²) in [6.45, 7) is 3.97. The average molecular weight is 327 g/mol. The van der Waals surface area contributed by atoms with Crippen LogP contribution < -0.4 is 5.32 Å². The van der Waals surface area contributed by atoms with Crippen molar-refractivity contribution in [2.24, 2.45) is 0 Å². The van der Waals surface area contributed by atoms with Gasteiger partial charge in [-0.05, 0) is 43.1 Å². The van der Waals surface area contributed by atoms with Crippen LogP contribution in [0.3, 0.4) is 0 Å². The van der Waals surface area contributed by atoms with E-state index in [1.54, 1.807) is 0 Å². The van der Waals surface area contributed by atoms with E-state index in [1.807, 2.05) is 25.1 Å². The minimum atomic E-state index is 0.156. The third kappa shape index (κ3) is 3.43. The number of aryl methyl sites for hydroxylation is 1. The van der Waals surface area contributed by atoms with E-state index in [0.717, 1.165) is 16.0 Å². The van der Waals surface area contributed by atoms with E-state index < -0.39 is 0 Å². The normalized spacial score (nSPS) is 12.2. The van der Waals surface area contributed by atoms with E-state index in [9.17, 15) is 0 Å². The molecule has 0 saturated heterocycles. The summed E-state index contributed by atoms with van der Waals surface area (Å²) in [6, 6.07) is 10.2. The Bertz CT molecular complexity index is 522. The Hall–Kier alpha value is -1.13. The van der Waals surface area contributed by atoms with Gasteiger partial charge in [0.05, 0.1) is 0 Å². The van der Waals surface area contributed by atoms with Crippen molar-refractivity contribution in [1.82, 2.24) is 9.97 Å². The standard InChI is InChI=1S/C13H13BrClN3/c1-8-7-12(18-13(15)16-8)17-9(2)10-3-5-11(14)6-4-10/h3-7,9H,1-2H3,(H,16,17,18). The number of rotatable bonds is 3. The van der Waals surface area contributed by atoms with Crippen molar-refractivity contribution in [3.05, 3.63) is 51.3 Å². The molecule has 2 rings (SSSR count). The second-order valence-electron chi connectivity index (χ2n) is 4.08. The van der Waals surface area contributed by atoms with Gasteiger partial charge in [-0.15, -0.1) is 0 Å². The highest BCUT2D eigenvalue weighted by Gasteiger charge is 2.07. The third-order valence-corrected chi connectivity index (χ3v) is 3.26. The van der Waals surface area contributed by atoms with Crippen molar-refractivity contribution < 1.29 is 0 Å². The van der Waals surface area contributed by atoms with Crippen molar-refractivity contribution in [3.8, 4) is 0 Å². The molecule has 0 fully saturated rings. The Labute approximate surface area is 120 Å². The first-order chi connectivity index (χ1) is 8.54. The maximum Gasteiger partial charge on any atom is 0.224 e. The molecule has 3 nitrogen and oxygen atoms in total. The van der Waals surface area contributed by atoms with Crippen LogP contribution in [0.2, 0.25) is 5.28 Å². The fourth-order valence-electron chi connectivity index (χ4n) is 1.66. The topological polar surface area (TPSA) is 37.8 Å². The summed E-state index contributed by atoms with van der Waals surface area (Å²) in [5, 5.41) is 3.57. The molecule has 1 unspecified atom stereocenters. The van der Waals surface area contributed by atoms with Gasteiger partial charge in [0.15, 0.2) is 0 Å². The number of nitrogens with zero attached hydrogens (tertiary/aromatic N) is 2. The zero-order valence-electron chi connectivity index (χ0n) is 10.1. The summed E-state index contributed by atoms with van der Waals surface area (Å²) in [7, 11) is 0. The third-order valence-electron chi connectivity index (χ3n) is 2.56. The molecule has 0 saturated carbocycles. The summed E-state index contributed by atoms with van der Waals surface area (Å²) in [6.07, 6.45) is 0. The lowest BCUT2D eigenvalue weighted by molar-refractivity contribution is 0.870. The Kier molecular flexibility index (Phi) is 4.19. The van der Waals surface area contributed by atoms with E-state index in [1.165, 1.54) is 5.56 Å². The monoisotopic (exact) mass is 325 g/mol. The summed E-state index contributed by atoms with van der Waals surface area (Å²) in [5.41, 5.74) is 2.03. The van der Waals surface area contributed by atoms with E-state index in [2.05, 4.69) is 50.3 Å². The van der Waals surface area contributed by atoms with Crippen LogP contribution in [0, 0.1) is 6.92 Å². The summed E-state index contributed by atoms with van der Waals surface area (Å²) < 4.78 is 1.07. The zero-order valence-corrected chi connectivity index (χ0v) is 12.5. The SMILES string of the molecule is Cc1cc(NC(C)c2ccc(Br)cc2)nc(Cl)n1. The summed E-state index contributed by atoms with van der Waals surface area (Å²) >= 11 is 9.25. The zero-order chi connectivity index (χ0) is 13.1. The second-order valence-corrected chi connectivity index (χ2v) is 5.33. The molecule has 18 heavy (non-hydrogen) atoms. The highest BCUT2D eigenvalue weighted by Crippen LogP contribution is 2.21. The van der Waals surface area contributed by atoms with Gasteiger partial charge >= 0.3 is 0 Å². The van der Waals surface area contributed by atoms with Crippen molar-refractivity contribution in [3.63, 3.8) is 0 Å². The van der Waals surface area contributed by atoms with Crippen molar-refractivity contribution in [2.75, 3.05) is 5.32 Å². The lowest BCUT2D eigenvalue weighted by Gasteiger charge is -2.15. The molecule has 1 N–H and O–H groups in total. The smallest absolute Gasteiger partial charge is 0.224 e. The number of nitrogens with one attached hydrogen (secondary N) is 1. The number of benzene rings is 1. The molecule has 94 valence electrons. The molecule has 1 aromatic heterocycles. The van der Waals surface area contributed by atoms with Gasteiger partial charge in [0.25, 0.3) is 0 Å². The molecule has 0 spiro atoms. The molecule has 1 atom stereocenters. The van der Waals surface area contributed by atoms with Crippen LogP contribution in [0.15, 0.2) is 34.8 Å². The van der Waals surface area contributed by atoms with Crippen molar-refractivity contribution in [1.29, 1.82) is 0 Å². The summed E-state index contributed by atoms with van der Waals surface area (Å²) in [4.78, 5) is 8.19. The van der Waals surface area contributed by atoms with Crippen LogP contribution in [-0.4, -0.2) is 9.97 Å². The van der Waals surface area contributed by atoms with Gasteiger partial charge in [-0.2, -0.15) is 0 Å². The van der Waals surface area contributed by atoms with Gasteiger partial charge in [-0.1, -0.05) is 28.1 Å². The predicted molar refractivity (Wildman–Crippen MR) is 78.0 cm³/mol. The number of hydrogen-bond acceptors (Lipinski definition) is 3. The van der Waals surface area contributed by atoms with Gasteiger partial charge in [0, 0.05) is 22.3 Å². The Balaban J connectivity index is 2.15. The van der Waals surface area contributed by atoms with E-state index in [0.29, 0.717) is 0 Å². The lowest BCUT2D eigenvalue weighted by Crippen LogP contribution is -2.08. The van der Waals surface area contributed by atoms with Crippen LogP contribution in [0.5, 0.6) is 0 Å². The predicted octanol–water partition coefficient (Wildman–Crippen LogP) is 4.37. The molecule has 0 amide bonds. The molecule has 0 bridgehead atoms. The number of hydrogen-bond donors (Lipinski definition) is 1. The molecule has 0 aliphatic heterocycles. The van der Waals surface area contributed by atoms with Gasteiger partial charge in [-0.25, -0.2) is 9.97 Å². The second kappa shape index (κ2) is 5.67. The van der Waals surface area contributed by atoms with Crippen molar-refractivity contribution in [2.45, 2.75) is 19.9 Å². The molecular weight excluding hydrogens is 314 g/mol. The first-order valence-electron chi connectivity index (χ1n) is 5.58.